The van der Waals surface area contributed by atoms with Crippen LogP contribution in [0.1, 0.15) is 6.92 Å². The number of nitrogens with two attached hydrogens (primary N) is 1. The molecule has 0 amide bonds. The number of nitrogen functional groups attached to an aromatic ring is 1. The predicted molar refractivity (Wildman–Crippen MR) is 73.0 cm³/mol. The van der Waals surface area contributed by atoms with E-state index in [1.54, 1.807) is 31.2 Å². The van der Waals surface area contributed by atoms with Gasteiger partial charge in [-0.1, -0.05) is 24.3 Å². The van der Waals surface area contributed by atoms with Gasteiger partial charge in [-0.15, -0.1) is 0 Å². The molecule has 5 nitrogen and oxygen atoms in total. The van der Waals surface area contributed by atoms with Gasteiger partial charge in [0.05, 0.1) is 11.4 Å². The van der Waals surface area contributed by atoms with Crippen molar-refractivity contribution in [2.24, 2.45) is 0 Å². The highest BCUT2D eigenvalue weighted by Gasteiger charge is 2.10. The smallest absolute Gasteiger partial charge is 0.215 e. The Balaban J connectivity index is 2.42. The third-order valence-electron chi connectivity index (χ3n) is 2.12. The average molecular weight is 270 g/mol. The van der Waals surface area contributed by atoms with Crippen LogP contribution >= 0.6 is 0 Å². The summed E-state index contributed by atoms with van der Waals surface area (Å²) < 4.78 is 30.8. The Morgan fingerprint density at radius 2 is 2.11 bits per heavy atom. The molecule has 1 rings (SSSR count). The fraction of sp³-hybridized carbons (Fsp3) is 0.333. The lowest BCUT2D eigenvalue weighted by Crippen LogP contribution is -2.30. The lowest BCUT2D eigenvalue weighted by molar-refractivity contribution is 0.342. The lowest BCUT2D eigenvalue weighted by Gasteiger charge is -2.09. The molecule has 0 aromatic heterocycles. The van der Waals surface area contributed by atoms with Crippen LogP contribution in [0.5, 0.6) is 5.75 Å². The maximum Gasteiger partial charge on any atom is 0.215 e. The number of hydrogen-bond acceptors (Lipinski definition) is 4. The largest absolute Gasteiger partial charge is 0.490 e. The number of rotatable bonds is 7. The van der Waals surface area contributed by atoms with Crippen LogP contribution < -0.4 is 15.2 Å². The molecule has 0 heterocycles. The van der Waals surface area contributed by atoms with E-state index in [2.05, 4.69) is 11.3 Å². The summed E-state index contributed by atoms with van der Waals surface area (Å²) in [6.45, 7) is 5.68. The Bertz CT molecular complexity index is 512. The molecule has 0 aliphatic rings. The molecule has 0 atom stereocenters. The molecule has 0 unspecified atom stereocenters. The number of benzene rings is 1. The molecule has 1 aromatic rings. The Morgan fingerprint density at radius 1 is 1.44 bits per heavy atom. The SMILES string of the molecule is C=C(C)CNS(=O)(=O)CCOc1ccccc1N. The number of hydrogen-bond donors (Lipinski definition) is 2. The van der Waals surface area contributed by atoms with Crippen molar-refractivity contribution in [3.05, 3.63) is 36.4 Å². The second-order valence-electron chi connectivity index (χ2n) is 3.98. The maximum atomic E-state index is 11.5. The van der Waals surface area contributed by atoms with Gasteiger partial charge in [0.1, 0.15) is 12.4 Å². The van der Waals surface area contributed by atoms with Crippen LogP contribution in [0.4, 0.5) is 5.69 Å². The van der Waals surface area contributed by atoms with Gasteiger partial charge in [-0.05, 0) is 19.1 Å². The molecule has 0 fully saturated rings. The molecule has 0 bridgehead atoms. The Labute approximate surface area is 108 Å². The van der Waals surface area contributed by atoms with Gasteiger partial charge in [0.15, 0.2) is 0 Å². The van der Waals surface area contributed by atoms with E-state index >= 15 is 0 Å². The standard InChI is InChI=1S/C12H18N2O3S/c1-10(2)9-14-18(15,16)8-7-17-12-6-4-3-5-11(12)13/h3-6,14H,1,7-9,13H2,2H3. The van der Waals surface area contributed by atoms with Crippen molar-refractivity contribution < 1.29 is 13.2 Å². The summed E-state index contributed by atoms with van der Waals surface area (Å²) in [6, 6.07) is 6.96. The number of ether oxygens (including phenoxy) is 1. The highest BCUT2D eigenvalue weighted by molar-refractivity contribution is 7.89. The zero-order chi connectivity index (χ0) is 13.6. The molecule has 18 heavy (non-hydrogen) atoms. The minimum Gasteiger partial charge on any atom is -0.490 e. The van der Waals surface area contributed by atoms with E-state index in [0.717, 1.165) is 5.57 Å². The van der Waals surface area contributed by atoms with Crippen LogP contribution in [0.25, 0.3) is 0 Å². The first-order chi connectivity index (χ1) is 8.41. The minimum absolute atomic E-state index is 0.0553. The van der Waals surface area contributed by atoms with Crippen molar-refractivity contribution in [3.8, 4) is 5.75 Å². The van der Waals surface area contributed by atoms with Crippen LogP contribution in [-0.4, -0.2) is 27.3 Å². The van der Waals surface area contributed by atoms with Gasteiger partial charge >= 0.3 is 0 Å². The van der Waals surface area contributed by atoms with Crippen molar-refractivity contribution in [2.45, 2.75) is 6.92 Å². The Kier molecular flexibility index (Phi) is 5.18. The topological polar surface area (TPSA) is 81.4 Å². The van der Waals surface area contributed by atoms with Gasteiger partial charge in [0.2, 0.25) is 10.0 Å². The van der Waals surface area contributed by atoms with E-state index in [4.69, 9.17) is 10.5 Å². The zero-order valence-electron chi connectivity index (χ0n) is 10.3. The van der Waals surface area contributed by atoms with Gasteiger partial charge in [0.25, 0.3) is 0 Å². The Morgan fingerprint density at radius 3 is 2.72 bits per heavy atom. The van der Waals surface area contributed by atoms with E-state index in [1.807, 2.05) is 0 Å². The number of nitrogens with one attached hydrogen (secondary N) is 1. The first-order valence-electron chi connectivity index (χ1n) is 5.50. The lowest BCUT2D eigenvalue weighted by atomic mass is 10.3. The molecule has 0 spiro atoms. The van der Waals surface area contributed by atoms with E-state index < -0.39 is 10.0 Å². The quantitative estimate of drug-likeness (QED) is 0.575. The summed E-state index contributed by atoms with van der Waals surface area (Å²) in [4.78, 5) is 0. The van der Waals surface area contributed by atoms with Crippen molar-refractivity contribution in [3.63, 3.8) is 0 Å². The van der Waals surface area contributed by atoms with E-state index in [0.29, 0.717) is 11.4 Å². The molecule has 0 aliphatic carbocycles. The van der Waals surface area contributed by atoms with Crippen LogP contribution in [-0.2, 0) is 10.0 Å². The van der Waals surface area contributed by atoms with Gasteiger partial charge in [-0.3, -0.25) is 0 Å². The van der Waals surface area contributed by atoms with Crippen LogP contribution in [0, 0.1) is 0 Å². The zero-order valence-corrected chi connectivity index (χ0v) is 11.2. The van der Waals surface area contributed by atoms with Gasteiger partial charge in [-0.2, -0.15) is 0 Å². The monoisotopic (exact) mass is 270 g/mol. The third kappa shape index (κ3) is 5.20. The molecule has 6 heteroatoms. The van der Waals surface area contributed by atoms with Gasteiger partial charge < -0.3 is 10.5 Å². The molecule has 100 valence electrons. The highest BCUT2D eigenvalue weighted by atomic mass is 32.2. The molecule has 1 aromatic carbocycles. The molecule has 3 N–H and O–H groups in total. The molecular formula is C12H18N2O3S. The summed E-state index contributed by atoms with van der Waals surface area (Å²) in [7, 11) is -3.34. The van der Waals surface area contributed by atoms with Crippen molar-refractivity contribution in [1.29, 1.82) is 0 Å². The van der Waals surface area contributed by atoms with Crippen molar-refractivity contribution in [1.82, 2.24) is 4.72 Å². The second kappa shape index (κ2) is 6.42. The second-order valence-corrected chi connectivity index (χ2v) is 5.91. The summed E-state index contributed by atoms with van der Waals surface area (Å²) in [5.41, 5.74) is 6.91. The van der Waals surface area contributed by atoms with Crippen LogP contribution in [0.2, 0.25) is 0 Å². The predicted octanol–water partition coefficient (Wildman–Crippen LogP) is 1.14. The third-order valence-corrected chi connectivity index (χ3v) is 3.41. The first-order valence-corrected chi connectivity index (χ1v) is 7.15. The van der Waals surface area contributed by atoms with Crippen molar-refractivity contribution >= 4 is 15.7 Å². The first kappa shape index (κ1) is 14.5. The summed E-state index contributed by atoms with van der Waals surface area (Å²) in [5, 5.41) is 0. The summed E-state index contributed by atoms with van der Waals surface area (Å²) >= 11 is 0. The Hall–Kier alpha value is -1.53. The maximum absolute atomic E-state index is 11.5. The molecule has 0 radical (unpaired) electrons. The average Bonchev–Trinajstić information content (AvgIpc) is 2.29. The number of anilines is 1. The van der Waals surface area contributed by atoms with E-state index in [-0.39, 0.29) is 18.9 Å². The van der Waals surface area contributed by atoms with E-state index in [1.165, 1.54) is 0 Å². The highest BCUT2D eigenvalue weighted by Crippen LogP contribution is 2.19. The van der Waals surface area contributed by atoms with Gasteiger partial charge in [0, 0.05) is 6.54 Å². The molecule has 0 saturated heterocycles. The normalized spacial score (nSPS) is 11.2. The number of para-hydroxylation sites is 2. The van der Waals surface area contributed by atoms with Crippen LogP contribution in [0.15, 0.2) is 36.4 Å². The fourth-order valence-corrected chi connectivity index (χ4v) is 2.09. The van der Waals surface area contributed by atoms with E-state index in [9.17, 15) is 8.42 Å². The number of sulfonamides is 1. The summed E-state index contributed by atoms with van der Waals surface area (Å²) in [6.07, 6.45) is 0. The minimum atomic E-state index is -3.34. The van der Waals surface area contributed by atoms with Crippen LogP contribution in [0.3, 0.4) is 0 Å². The molecular weight excluding hydrogens is 252 g/mol. The molecule has 0 saturated carbocycles. The van der Waals surface area contributed by atoms with Gasteiger partial charge in [-0.25, -0.2) is 13.1 Å². The summed E-state index contributed by atoms with van der Waals surface area (Å²) in [5.74, 6) is 0.377. The van der Waals surface area contributed by atoms with Crippen molar-refractivity contribution in [2.75, 3.05) is 24.6 Å². The fourth-order valence-electron chi connectivity index (χ4n) is 1.18. The molecule has 0 aliphatic heterocycles.